The number of nitrogens with one attached hydrogen (secondary N) is 1. The fourth-order valence-corrected chi connectivity index (χ4v) is 3.47. The number of aliphatic hydroxyl groups excluding tert-OH is 1. The normalized spacial score (nSPS) is 10.8. The minimum atomic E-state index is -0.563. The van der Waals surface area contributed by atoms with Gasteiger partial charge >= 0.3 is 5.82 Å². The number of hydrogen-bond donors (Lipinski definition) is 3. The topological polar surface area (TPSA) is 93.2 Å². The maximum Gasteiger partial charge on any atom is 0.381 e. The molecule has 4 rings (SSSR count). The summed E-state index contributed by atoms with van der Waals surface area (Å²) in [4.78, 5) is 15.1. The number of nitro groups is 1. The molecule has 8 heteroatoms. The van der Waals surface area contributed by atoms with Gasteiger partial charge in [-0.3, -0.25) is 0 Å². The van der Waals surface area contributed by atoms with E-state index in [2.05, 4.69) is 22.9 Å². The van der Waals surface area contributed by atoms with E-state index in [0.29, 0.717) is 6.54 Å². The highest BCUT2D eigenvalue weighted by Crippen LogP contribution is 2.31. The van der Waals surface area contributed by atoms with Crippen LogP contribution in [0.4, 0.5) is 17.2 Å². The molecule has 31 heavy (non-hydrogen) atoms. The molecule has 0 bridgehead atoms. The molecule has 1 aromatic heterocycles. The number of aromatic nitrogens is 2. The molecule has 0 aliphatic carbocycles. The van der Waals surface area contributed by atoms with Gasteiger partial charge in [0.25, 0.3) is 0 Å². The third kappa shape index (κ3) is 4.76. The van der Waals surface area contributed by atoms with Gasteiger partial charge in [-0.1, -0.05) is 42.5 Å². The number of aliphatic hydroxyl groups is 1. The van der Waals surface area contributed by atoms with E-state index in [-0.39, 0.29) is 18.2 Å². The van der Waals surface area contributed by atoms with Crippen molar-refractivity contribution in [1.82, 2.24) is 9.55 Å². The Morgan fingerprint density at radius 3 is 2.42 bits per heavy atom. The highest BCUT2D eigenvalue weighted by Gasteiger charge is 2.18. The fourth-order valence-electron chi connectivity index (χ4n) is 3.32. The van der Waals surface area contributed by atoms with E-state index in [0.717, 1.165) is 33.0 Å². The second kappa shape index (κ2) is 9.03. The molecule has 3 aromatic carbocycles. The van der Waals surface area contributed by atoms with Crippen molar-refractivity contribution in [3.63, 3.8) is 0 Å². The van der Waals surface area contributed by atoms with Crippen molar-refractivity contribution in [2.75, 3.05) is 5.32 Å². The van der Waals surface area contributed by atoms with Gasteiger partial charge in [0.05, 0.1) is 6.54 Å². The SMILES string of the molecule is O=[N+]([O-])c1cn(Cc2ccc(-c3ccccc3Nc3ccc(S)cc3)cc2)c(CO)n1. The van der Waals surface area contributed by atoms with Crippen LogP contribution in [0.3, 0.4) is 0 Å². The number of hydrogen-bond acceptors (Lipinski definition) is 6. The second-order valence-electron chi connectivity index (χ2n) is 6.97. The number of para-hydroxylation sites is 1. The van der Waals surface area contributed by atoms with Crippen LogP contribution < -0.4 is 5.32 Å². The average Bonchev–Trinajstić information content (AvgIpc) is 3.20. The molecule has 4 aromatic rings. The summed E-state index contributed by atoms with van der Waals surface area (Å²) in [6.45, 7) is 0.0200. The number of imidazole rings is 1. The molecule has 0 radical (unpaired) electrons. The van der Waals surface area contributed by atoms with Gasteiger partial charge in [0.15, 0.2) is 0 Å². The van der Waals surface area contributed by atoms with E-state index < -0.39 is 4.92 Å². The lowest BCUT2D eigenvalue weighted by atomic mass is 10.0. The van der Waals surface area contributed by atoms with E-state index in [1.807, 2.05) is 72.8 Å². The third-order valence-electron chi connectivity index (χ3n) is 4.87. The van der Waals surface area contributed by atoms with Crippen LogP contribution in [0.15, 0.2) is 83.9 Å². The maximum absolute atomic E-state index is 11.0. The minimum absolute atomic E-state index is 0.262. The highest BCUT2D eigenvalue weighted by molar-refractivity contribution is 7.80. The third-order valence-corrected chi connectivity index (χ3v) is 5.16. The summed E-state index contributed by atoms with van der Waals surface area (Å²) < 4.78 is 1.59. The standard InChI is InChI=1S/C23H20N4O3S/c28-15-23-25-22(27(29)30)14-26(23)13-16-5-7-17(8-6-16)20-3-1-2-4-21(20)24-18-9-11-19(31)12-10-18/h1-12,14,24,28,31H,13,15H2. The van der Waals surface area contributed by atoms with Crippen LogP contribution in [0.5, 0.6) is 0 Å². The monoisotopic (exact) mass is 432 g/mol. The van der Waals surface area contributed by atoms with Crippen molar-refractivity contribution in [1.29, 1.82) is 0 Å². The minimum Gasteiger partial charge on any atom is -0.386 e. The molecule has 1 heterocycles. The first-order chi connectivity index (χ1) is 15.0. The van der Waals surface area contributed by atoms with E-state index in [4.69, 9.17) is 0 Å². The van der Waals surface area contributed by atoms with Gasteiger partial charge in [0, 0.05) is 21.8 Å². The Balaban J connectivity index is 1.56. The molecule has 0 fully saturated rings. The highest BCUT2D eigenvalue weighted by atomic mass is 32.1. The van der Waals surface area contributed by atoms with Crippen LogP contribution >= 0.6 is 12.6 Å². The average molecular weight is 433 g/mol. The summed E-state index contributed by atoms with van der Waals surface area (Å²) in [5, 5.41) is 23.8. The molecule has 0 amide bonds. The first kappa shape index (κ1) is 20.6. The van der Waals surface area contributed by atoms with Gasteiger partial charge in [-0.15, -0.1) is 12.6 Å². The Hall–Kier alpha value is -3.62. The van der Waals surface area contributed by atoms with Crippen LogP contribution in [0, 0.1) is 10.1 Å². The zero-order valence-electron chi connectivity index (χ0n) is 16.5. The first-order valence-corrected chi connectivity index (χ1v) is 10.0. The number of anilines is 2. The van der Waals surface area contributed by atoms with Crippen LogP contribution in [0.25, 0.3) is 11.1 Å². The van der Waals surface area contributed by atoms with Crippen LogP contribution in [0.2, 0.25) is 0 Å². The van der Waals surface area contributed by atoms with Gasteiger partial charge in [-0.2, -0.15) is 0 Å². The maximum atomic E-state index is 11.0. The van der Waals surface area contributed by atoms with E-state index in [1.165, 1.54) is 6.20 Å². The molecular formula is C23H20N4O3S. The number of thiol groups is 1. The Morgan fingerprint density at radius 1 is 1.03 bits per heavy atom. The van der Waals surface area contributed by atoms with Crippen molar-refractivity contribution in [2.45, 2.75) is 18.0 Å². The lowest BCUT2D eigenvalue weighted by molar-refractivity contribution is -0.389. The Bertz CT molecular complexity index is 1200. The quantitative estimate of drug-likeness (QED) is 0.216. The van der Waals surface area contributed by atoms with Crippen LogP contribution in [0.1, 0.15) is 11.4 Å². The zero-order chi connectivity index (χ0) is 21.8. The predicted molar refractivity (Wildman–Crippen MR) is 123 cm³/mol. The summed E-state index contributed by atoms with van der Waals surface area (Å²) in [7, 11) is 0. The summed E-state index contributed by atoms with van der Waals surface area (Å²) in [5.74, 6) is -0.0100. The van der Waals surface area contributed by atoms with Gasteiger partial charge in [0.1, 0.15) is 12.8 Å². The molecular weight excluding hydrogens is 412 g/mol. The molecule has 0 aliphatic rings. The second-order valence-corrected chi connectivity index (χ2v) is 7.49. The Labute approximate surface area is 184 Å². The smallest absolute Gasteiger partial charge is 0.381 e. The van der Waals surface area contributed by atoms with Crippen LogP contribution in [-0.4, -0.2) is 19.6 Å². The van der Waals surface area contributed by atoms with Gasteiger partial charge in [-0.25, -0.2) is 0 Å². The molecule has 2 N–H and O–H groups in total. The molecule has 0 aliphatic heterocycles. The molecule has 0 saturated heterocycles. The molecule has 0 unspecified atom stereocenters. The Morgan fingerprint density at radius 2 is 1.74 bits per heavy atom. The van der Waals surface area contributed by atoms with Crippen molar-refractivity contribution in [2.24, 2.45) is 0 Å². The lowest BCUT2D eigenvalue weighted by Gasteiger charge is -2.13. The summed E-state index contributed by atoms with van der Waals surface area (Å²) in [5.41, 5.74) is 4.99. The largest absolute Gasteiger partial charge is 0.386 e. The van der Waals surface area contributed by atoms with Crippen LogP contribution in [-0.2, 0) is 13.2 Å². The first-order valence-electron chi connectivity index (χ1n) is 9.59. The van der Waals surface area contributed by atoms with Crippen molar-refractivity contribution < 1.29 is 10.0 Å². The van der Waals surface area contributed by atoms with Gasteiger partial charge in [0.2, 0.25) is 5.82 Å². The van der Waals surface area contributed by atoms with Gasteiger partial charge < -0.3 is 25.1 Å². The number of rotatable bonds is 7. The number of nitrogens with zero attached hydrogens (tertiary/aromatic N) is 3. The number of benzene rings is 3. The molecule has 0 saturated carbocycles. The summed E-state index contributed by atoms with van der Waals surface area (Å²) in [6, 6.07) is 23.8. The molecule has 156 valence electrons. The van der Waals surface area contributed by atoms with E-state index in [1.54, 1.807) is 4.57 Å². The van der Waals surface area contributed by atoms with Gasteiger partial charge in [-0.05, 0) is 51.4 Å². The molecule has 0 atom stereocenters. The zero-order valence-corrected chi connectivity index (χ0v) is 17.4. The van der Waals surface area contributed by atoms with Crippen molar-refractivity contribution in [3.05, 3.63) is 100 Å². The molecule has 7 nitrogen and oxygen atoms in total. The predicted octanol–water partition coefficient (Wildman–Crippen LogP) is 5.03. The lowest BCUT2D eigenvalue weighted by Crippen LogP contribution is -2.04. The van der Waals surface area contributed by atoms with Crippen molar-refractivity contribution in [3.8, 4) is 11.1 Å². The van der Waals surface area contributed by atoms with E-state index >= 15 is 0 Å². The molecule has 0 spiro atoms. The van der Waals surface area contributed by atoms with Crippen molar-refractivity contribution >= 4 is 29.8 Å². The summed E-state index contributed by atoms with van der Waals surface area (Å²) >= 11 is 4.32. The summed E-state index contributed by atoms with van der Waals surface area (Å²) in [6.07, 6.45) is 1.34. The van der Waals surface area contributed by atoms with E-state index in [9.17, 15) is 15.2 Å². The Kier molecular flexibility index (Phi) is 6.01. The fraction of sp³-hybridized carbons (Fsp3) is 0.0870.